The number of rotatable bonds is 3. The highest BCUT2D eigenvalue weighted by atomic mass is 16.6. The number of nitro groups is 1. The smallest absolute Gasteiger partial charge is 0.258 e. The fourth-order valence-electron chi connectivity index (χ4n) is 1.27. The van der Waals surface area contributed by atoms with Gasteiger partial charge in [0, 0.05) is 6.07 Å². The van der Waals surface area contributed by atoms with Crippen molar-refractivity contribution in [3.8, 4) is 6.07 Å². The van der Waals surface area contributed by atoms with Crippen LogP contribution in [0.4, 0.5) is 5.69 Å². The molecule has 0 heterocycles. The molecule has 15 heavy (non-hydrogen) atoms. The van der Waals surface area contributed by atoms with Gasteiger partial charge in [0.2, 0.25) is 0 Å². The van der Waals surface area contributed by atoms with Crippen molar-refractivity contribution in [2.45, 2.75) is 13.3 Å². The van der Waals surface area contributed by atoms with Crippen LogP contribution in [0.3, 0.4) is 0 Å². The third kappa shape index (κ3) is 2.64. The lowest BCUT2D eigenvalue weighted by molar-refractivity contribution is -0.385. The number of nitro benzene ring substituents is 1. The van der Waals surface area contributed by atoms with Crippen LogP contribution in [0.15, 0.2) is 24.3 Å². The van der Waals surface area contributed by atoms with Gasteiger partial charge < -0.3 is 0 Å². The number of hydrogen-bond acceptors (Lipinski definition) is 3. The summed E-state index contributed by atoms with van der Waals surface area (Å²) in [5, 5.41) is 19.1. The molecule has 0 spiro atoms. The number of allylic oxidation sites excluding steroid dienone is 1. The molecule has 0 aromatic heterocycles. The van der Waals surface area contributed by atoms with Gasteiger partial charge in [-0.3, -0.25) is 10.1 Å². The van der Waals surface area contributed by atoms with Crippen LogP contribution in [0.1, 0.15) is 17.5 Å². The van der Waals surface area contributed by atoms with Gasteiger partial charge in [-0.25, -0.2) is 0 Å². The van der Waals surface area contributed by atoms with E-state index in [9.17, 15) is 10.1 Å². The minimum atomic E-state index is -0.418. The molecule has 0 atom stereocenters. The molecule has 0 aliphatic rings. The molecule has 0 aliphatic heterocycles. The summed E-state index contributed by atoms with van der Waals surface area (Å²) < 4.78 is 0. The summed E-state index contributed by atoms with van der Waals surface area (Å²) in [6, 6.07) is 6.86. The van der Waals surface area contributed by atoms with Gasteiger partial charge in [0.15, 0.2) is 0 Å². The highest BCUT2D eigenvalue weighted by Gasteiger charge is 2.11. The van der Waals surface area contributed by atoms with Gasteiger partial charge in [0.1, 0.15) is 0 Å². The number of hydrogen-bond donors (Lipinski definition) is 0. The molecule has 1 rings (SSSR count). The molecule has 0 aliphatic carbocycles. The lowest BCUT2D eigenvalue weighted by Gasteiger charge is -2.00. The van der Waals surface area contributed by atoms with Crippen LogP contribution in [0, 0.1) is 28.4 Å². The SMILES string of the molecule is Cc1cccc([N+](=O)[O-])c1C=CCC#N. The van der Waals surface area contributed by atoms with Gasteiger partial charge in [-0.15, -0.1) is 0 Å². The second-order valence-corrected chi connectivity index (χ2v) is 3.03. The second-order valence-electron chi connectivity index (χ2n) is 3.03. The predicted molar refractivity (Wildman–Crippen MR) is 57.1 cm³/mol. The molecule has 0 radical (unpaired) electrons. The van der Waals surface area contributed by atoms with Crippen molar-refractivity contribution < 1.29 is 4.92 Å². The Hall–Kier alpha value is -2.15. The fraction of sp³-hybridized carbons (Fsp3) is 0.182. The summed E-state index contributed by atoms with van der Waals surface area (Å²) in [5.74, 6) is 0. The number of aryl methyl sites for hydroxylation is 1. The Bertz CT molecular complexity index is 444. The Morgan fingerprint density at radius 1 is 1.60 bits per heavy atom. The molecule has 4 nitrogen and oxygen atoms in total. The quantitative estimate of drug-likeness (QED) is 0.559. The number of nitriles is 1. The van der Waals surface area contributed by atoms with E-state index in [1.54, 1.807) is 31.2 Å². The second kappa shape index (κ2) is 4.91. The molecule has 0 saturated heterocycles. The van der Waals surface area contributed by atoms with Crippen LogP contribution < -0.4 is 0 Å². The lowest BCUT2D eigenvalue weighted by Crippen LogP contribution is -1.93. The zero-order chi connectivity index (χ0) is 11.3. The predicted octanol–water partition coefficient (Wildman–Crippen LogP) is 2.83. The highest BCUT2D eigenvalue weighted by Crippen LogP contribution is 2.23. The molecular formula is C11H10N2O2. The minimum Gasteiger partial charge on any atom is -0.258 e. The van der Waals surface area contributed by atoms with Crippen molar-refractivity contribution in [3.63, 3.8) is 0 Å². The van der Waals surface area contributed by atoms with Crippen molar-refractivity contribution in [2.75, 3.05) is 0 Å². The van der Waals surface area contributed by atoms with Gasteiger partial charge in [0.05, 0.1) is 23.0 Å². The maximum Gasteiger partial charge on any atom is 0.276 e. The summed E-state index contributed by atoms with van der Waals surface area (Å²) in [4.78, 5) is 10.3. The number of nitrogens with zero attached hydrogens (tertiary/aromatic N) is 2. The molecule has 0 amide bonds. The summed E-state index contributed by atoms with van der Waals surface area (Å²) in [6.45, 7) is 1.80. The molecule has 1 aromatic carbocycles. The standard InChI is InChI=1S/C11H10N2O2/c1-9-5-4-7-11(13(14)15)10(9)6-2-3-8-12/h2,4-7H,3H2,1H3. The molecule has 0 saturated carbocycles. The third-order valence-electron chi connectivity index (χ3n) is 1.99. The van der Waals surface area contributed by atoms with E-state index in [-0.39, 0.29) is 12.1 Å². The normalized spacial score (nSPS) is 10.1. The summed E-state index contributed by atoms with van der Waals surface area (Å²) in [7, 11) is 0. The van der Waals surface area contributed by atoms with E-state index in [1.165, 1.54) is 6.07 Å². The molecule has 0 bridgehead atoms. The Kier molecular flexibility index (Phi) is 3.58. The van der Waals surface area contributed by atoms with Crippen molar-refractivity contribution in [3.05, 3.63) is 45.5 Å². The Balaban J connectivity index is 3.14. The van der Waals surface area contributed by atoms with E-state index in [2.05, 4.69) is 0 Å². The van der Waals surface area contributed by atoms with Crippen LogP contribution in [-0.4, -0.2) is 4.92 Å². The topological polar surface area (TPSA) is 66.9 Å². The van der Waals surface area contributed by atoms with Gasteiger partial charge in [-0.05, 0) is 12.5 Å². The van der Waals surface area contributed by atoms with Crippen molar-refractivity contribution >= 4 is 11.8 Å². The monoisotopic (exact) mass is 202 g/mol. The van der Waals surface area contributed by atoms with Crippen LogP contribution >= 0.6 is 0 Å². The third-order valence-corrected chi connectivity index (χ3v) is 1.99. The summed E-state index contributed by atoms with van der Waals surface area (Å²) in [6.07, 6.45) is 3.50. The zero-order valence-electron chi connectivity index (χ0n) is 8.30. The van der Waals surface area contributed by atoms with E-state index in [0.717, 1.165) is 5.56 Å². The van der Waals surface area contributed by atoms with Gasteiger partial charge in [-0.1, -0.05) is 24.3 Å². The fourth-order valence-corrected chi connectivity index (χ4v) is 1.27. The number of benzene rings is 1. The van der Waals surface area contributed by atoms with Crippen LogP contribution in [0.25, 0.3) is 6.08 Å². The van der Waals surface area contributed by atoms with Gasteiger partial charge in [-0.2, -0.15) is 5.26 Å². The minimum absolute atomic E-state index is 0.0733. The average molecular weight is 202 g/mol. The molecule has 4 heteroatoms. The first-order valence-corrected chi connectivity index (χ1v) is 4.44. The van der Waals surface area contributed by atoms with Crippen molar-refractivity contribution in [2.24, 2.45) is 0 Å². The van der Waals surface area contributed by atoms with Crippen LogP contribution in [0.2, 0.25) is 0 Å². The van der Waals surface area contributed by atoms with Crippen LogP contribution in [-0.2, 0) is 0 Å². The summed E-state index contributed by atoms with van der Waals surface area (Å²) in [5.41, 5.74) is 1.47. The first-order valence-electron chi connectivity index (χ1n) is 4.44. The molecule has 1 aromatic rings. The van der Waals surface area contributed by atoms with Gasteiger partial charge >= 0.3 is 0 Å². The molecule has 0 unspecified atom stereocenters. The maximum atomic E-state index is 10.7. The highest BCUT2D eigenvalue weighted by molar-refractivity contribution is 5.64. The van der Waals surface area contributed by atoms with Gasteiger partial charge in [0.25, 0.3) is 5.69 Å². The largest absolute Gasteiger partial charge is 0.276 e. The maximum absolute atomic E-state index is 10.7. The molecule has 76 valence electrons. The average Bonchev–Trinajstić information content (AvgIpc) is 2.20. The van der Waals surface area contributed by atoms with E-state index in [1.807, 2.05) is 6.07 Å². The van der Waals surface area contributed by atoms with E-state index in [0.29, 0.717) is 5.56 Å². The van der Waals surface area contributed by atoms with E-state index in [4.69, 9.17) is 5.26 Å². The summed E-state index contributed by atoms with van der Waals surface area (Å²) >= 11 is 0. The lowest BCUT2D eigenvalue weighted by atomic mass is 10.1. The molecular weight excluding hydrogens is 192 g/mol. The van der Waals surface area contributed by atoms with Crippen molar-refractivity contribution in [1.82, 2.24) is 0 Å². The Morgan fingerprint density at radius 3 is 2.93 bits per heavy atom. The zero-order valence-corrected chi connectivity index (χ0v) is 8.30. The first-order chi connectivity index (χ1) is 7.16. The molecule has 0 N–H and O–H groups in total. The Morgan fingerprint density at radius 2 is 2.33 bits per heavy atom. The van der Waals surface area contributed by atoms with E-state index < -0.39 is 4.92 Å². The van der Waals surface area contributed by atoms with Crippen LogP contribution in [0.5, 0.6) is 0 Å². The van der Waals surface area contributed by atoms with Crippen molar-refractivity contribution in [1.29, 1.82) is 5.26 Å². The first kappa shape index (κ1) is 10.9. The van der Waals surface area contributed by atoms with E-state index >= 15 is 0 Å². The molecule has 0 fully saturated rings. The Labute approximate surface area is 87.6 Å².